The van der Waals surface area contributed by atoms with Gasteiger partial charge >= 0.3 is 0 Å². The molecule has 1 aromatic heterocycles. The van der Waals surface area contributed by atoms with Gasteiger partial charge in [-0.15, -0.1) is 0 Å². The SMILES string of the molecule is [C-]#[N+]c1ccc(CC(=O)[C@@](C)(O)Cn2c3ccccc3c3ccccc32)cc1Cl. The Balaban J connectivity index is 1.67. The van der Waals surface area contributed by atoms with Crippen molar-refractivity contribution in [1.82, 2.24) is 4.57 Å². The fourth-order valence-electron chi connectivity index (χ4n) is 3.70. The number of benzene rings is 3. The van der Waals surface area contributed by atoms with Crippen LogP contribution in [0.15, 0.2) is 66.7 Å². The fraction of sp³-hybridized carbons (Fsp3) is 0.167. The Morgan fingerprint density at radius 3 is 2.21 bits per heavy atom. The molecule has 0 aliphatic heterocycles. The average molecular weight is 403 g/mol. The Hall–Kier alpha value is -3.13. The minimum Gasteiger partial charge on any atom is -0.380 e. The van der Waals surface area contributed by atoms with E-state index < -0.39 is 5.60 Å². The highest BCUT2D eigenvalue weighted by Crippen LogP contribution is 2.31. The van der Waals surface area contributed by atoms with Crippen LogP contribution < -0.4 is 0 Å². The van der Waals surface area contributed by atoms with E-state index in [1.165, 1.54) is 0 Å². The molecular weight excluding hydrogens is 384 g/mol. The second kappa shape index (κ2) is 7.36. The third-order valence-electron chi connectivity index (χ3n) is 5.24. The van der Waals surface area contributed by atoms with Crippen LogP contribution in [0.25, 0.3) is 26.7 Å². The van der Waals surface area contributed by atoms with Crippen molar-refractivity contribution in [1.29, 1.82) is 0 Å². The number of fused-ring (bicyclic) bond motifs is 3. The second-order valence-electron chi connectivity index (χ2n) is 7.39. The van der Waals surface area contributed by atoms with E-state index in [0.717, 1.165) is 21.8 Å². The number of halogens is 1. The van der Waals surface area contributed by atoms with Gasteiger partial charge in [0.25, 0.3) is 0 Å². The van der Waals surface area contributed by atoms with Gasteiger partial charge in [0.05, 0.1) is 13.1 Å². The van der Waals surface area contributed by atoms with Crippen LogP contribution in [0, 0.1) is 6.57 Å². The second-order valence-corrected chi connectivity index (χ2v) is 7.80. The first-order chi connectivity index (χ1) is 13.9. The third kappa shape index (κ3) is 3.51. The highest BCUT2D eigenvalue weighted by atomic mass is 35.5. The quantitative estimate of drug-likeness (QED) is 0.444. The van der Waals surface area contributed by atoms with Gasteiger partial charge in [0.1, 0.15) is 5.60 Å². The van der Waals surface area contributed by atoms with Crippen LogP contribution in [0.2, 0.25) is 5.02 Å². The molecule has 0 aliphatic rings. The van der Waals surface area contributed by atoms with E-state index in [1.54, 1.807) is 25.1 Å². The molecule has 3 aromatic carbocycles. The smallest absolute Gasteiger partial charge is 0.205 e. The number of ketones is 1. The molecule has 0 aliphatic carbocycles. The lowest BCUT2D eigenvalue weighted by Gasteiger charge is -2.24. The summed E-state index contributed by atoms with van der Waals surface area (Å²) in [6.45, 7) is 8.76. The summed E-state index contributed by atoms with van der Waals surface area (Å²) in [5.41, 5.74) is 1.42. The number of carbonyl (C=O) groups is 1. The van der Waals surface area contributed by atoms with E-state index in [9.17, 15) is 9.90 Å². The Morgan fingerprint density at radius 1 is 1.07 bits per heavy atom. The van der Waals surface area contributed by atoms with Crippen molar-refractivity contribution in [3.05, 3.63) is 88.7 Å². The van der Waals surface area contributed by atoms with Crippen LogP contribution in [0.3, 0.4) is 0 Å². The lowest BCUT2D eigenvalue weighted by atomic mass is 9.94. The maximum absolute atomic E-state index is 12.9. The van der Waals surface area contributed by atoms with E-state index in [-0.39, 0.29) is 18.7 Å². The van der Waals surface area contributed by atoms with Crippen molar-refractivity contribution in [3.8, 4) is 0 Å². The molecule has 0 amide bonds. The highest BCUT2D eigenvalue weighted by Gasteiger charge is 2.31. The molecule has 0 unspecified atom stereocenters. The van der Waals surface area contributed by atoms with Crippen LogP contribution in [0.5, 0.6) is 0 Å². The van der Waals surface area contributed by atoms with Gasteiger partial charge < -0.3 is 9.67 Å². The molecule has 0 saturated carbocycles. The number of carbonyl (C=O) groups excluding carboxylic acids is 1. The summed E-state index contributed by atoms with van der Waals surface area (Å²) in [5, 5.41) is 13.5. The van der Waals surface area contributed by atoms with Gasteiger partial charge in [0.15, 0.2) is 5.78 Å². The first-order valence-electron chi connectivity index (χ1n) is 9.28. The Bertz CT molecular complexity index is 1230. The number of aromatic nitrogens is 1. The van der Waals surface area contributed by atoms with E-state index >= 15 is 0 Å². The van der Waals surface area contributed by atoms with Crippen molar-refractivity contribution in [3.63, 3.8) is 0 Å². The topological polar surface area (TPSA) is 46.6 Å². The zero-order valence-electron chi connectivity index (χ0n) is 15.9. The Labute approximate surface area is 173 Å². The molecule has 0 bridgehead atoms. The summed E-state index contributed by atoms with van der Waals surface area (Å²) in [7, 11) is 0. The Kier molecular flexibility index (Phi) is 4.87. The van der Waals surface area contributed by atoms with Gasteiger partial charge in [-0.05, 0) is 24.6 Å². The predicted octanol–water partition coefficient (Wildman–Crippen LogP) is 5.56. The molecule has 0 spiro atoms. The molecule has 0 saturated heterocycles. The van der Waals surface area contributed by atoms with Gasteiger partial charge in [-0.3, -0.25) is 4.79 Å². The standard InChI is InChI=1S/C24H19ClN2O2/c1-24(29,23(28)14-16-11-12-20(26-2)19(25)13-16)15-27-21-9-5-3-7-17(21)18-8-4-6-10-22(18)27/h3-13,29H,14-15H2,1H3/t24-/m0/s1. The highest BCUT2D eigenvalue weighted by molar-refractivity contribution is 6.33. The summed E-state index contributed by atoms with van der Waals surface area (Å²) in [6.07, 6.45) is 0.0438. The van der Waals surface area contributed by atoms with Crippen molar-refractivity contribution < 1.29 is 9.90 Å². The molecule has 4 nitrogen and oxygen atoms in total. The number of para-hydroxylation sites is 2. The largest absolute Gasteiger partial charge is 0.380 e. The van der Waals surface area contributed by atoms with Crippen LogP contribution in [-0.4, -0.2) is 21.1 Å². The number of rotatable bonds is 5. The third-order valence-corrected chi connectivity index (χ3v) is 5.55. The lowest BCUT2D eigenvalue weighted by Crippen LogP contribution is -2.40. The molecule has 144 valence electrons. The summed E-state index contributed by atoms with van der Waals surface area (Å²) in [5.74, 6) is -0.300. The molecule has 1 N–H and O–H groups in total. The minimum atomic E-state index is -1.56. The minimum absolute atomic E-state index is 0.0438. The maximum Gasteiger partial charge on any atom is 0.205 e. The molecule has 0 radical (unpaired) electrons. The fourth-order valence-corrected chi connectivity index (χ4v) is 3.94. The molecule has 0 fully saturated rings. The van der Waals surface area contributed by atoms with E-state index in [1.807, 2.05) is 53.1 Å². The molecular formula is C24H19ClN2O2. The number of hydrogen-bond donors (Lipinski definition) is 1. The van der Waals surface area contributed by atoms with Gasteiger partial charge in [-0.1, -0.05) is 66.2 Å². The summed E-state index contributed by atoms with van der Waals surface area (Å²) in [4.78, 5) is 16.3. The molecule has 5 heteroatoms. The van der Waals surface area contributed by atoms with Crippen LogP contribution >= 0.6 is 11.6 Å². The predicted molar refractivity (Wildman–Crippen MR) is 116 cm³/mol. The van der Waals surface area contributed by atoms with E-state index in [2.05, 4.69) is 4.85 Å². The van der Waals surface area contributed by atoms with E-state index in [0.29, 0.717) is 16.3 Å². The van der Waals surface area contributed by atoms with E-state index in [4.69, 9.17) is 18.2 Å². The number of hydrogen-bond acceptors (Lipinski definition) is 2. The zero-order valence-corrected chi connectivity index (χ0v) is 16.6. The van der Waals surface area contributed by atoms with Crippen LogP contribution in [0.4, 0.5) is 5.69 Å². The maximum atomic E-state index is 12.9. The number of aliphatic hydroxyl groups is 1. The number of Topliss-reactive ketones (excluding diaryl/α,β-unsaturated/α-hetero) is 1. The first-order valence-corrected chi connectivity index (χ1v) is 9.66. The summed E-state index contributed by atoms with van der Waals surface area (Å²) < 4.78 is 2.00. The molecule has 1 atom stereocenters. The lowest BCUT2D eigenvalue weighted by molar-refractivity contribution is -0.136. The van der Waals surface area contributed by atoms with Gasteiger partial charge in [-0.2, -0.15) is 0 Å². The zero-order chi connectivity index (χ0) is 20.6. The van der Waals surface area contributed by atoms with Gasteiger partial charge in [-0.25, -0.2) is 4.85 Å². The van der Waals surface area contributed by atoms with Gasteiger partial charge in [0.2, 0.25) is 5.69 Å². The van der Waals surface area contributed by atoms with Crippen LogP contribution in [0.1, 0.15) is 12.5 Å². The average Bonchev–Trinajstić information content (AvgIpc) is 3.02. The molecule has 4 rings (SSSR count). The summed E-state index contributed by atoms with van der Waals surface area (Å²) >= 11 is 6.08. The van der Waals surface area contributed by atoms with Crippen LogP contribution in [-0.2, 0) is 17.8 Å². The monoisotopic (exact) mass is 402 g/mol. The normalized spacial score (nSPS) is 13.3. The van der Waals surface area contributed by atoms with Gasteiger partial charge in [0, 0.05) is 33.2 Å². The van der Waals surface area contributed by atoms with Crippen molar-refractivity contribution >= 4 is 44.9 Å². The molecule has 1 heterocycles. The first kappa shape index (κ1) is 19.2. The van der Waals surface area contributed by atoms with Crippen molar-refractivity contribution in [2.24, 2.45) is 0 Å². The summed E-state index contributed by atoms with van der Waals surface area (Å²) in [6, 6.07) is 20.9. The van der Waals surface area contributed by atoms with Crippen molar-refractivity contribution in [2.45, 2.75) is 25.5 Å². The van der Waals surface area contributed by atoms with Crippen molar-refractivity contribution in [2.75, 3.05) is 0 Å². The number of nitrogens with zero attached hydrogens (tertiary/aromatic N) is 2. The Morgan fingerprint density at radius 2 is 1.66 bits per heavy atom. The molecule has 29 heavy (non-hydrogen) atoms. The molecule has 4 aromatic rings.